The van der Waals surface area contributed by atoms with Crippen molar-refractivity contribution in [3.8, 4) is 0 Å². The van der Waals surface area contributed by atoms with Crippen LogP contribution in [0.1, 0.15) is 32.1 Å². The second-order valence-corrected chi connectivity index (χ2v) is 10.5. The number of aliphatic hydroxyl groups is 8. The number of hydrogen-bond acceptors (Lipinski definition) is 14. The third-order valence-corrected chi connectivity index (χ3v) is 7.30. The quantitative estimate of drug-likeness (QED) is 0.0503. The van der Waals surface area contributed by atoms with E-state index >= 15 is 0 Å². The van der Waals surface area contributed by atoms with Gasteiger partial charge in [-0.05, 0) is 18.6 Å². The van der Waals surface area contributed by atoms with E-state index < -0.39 is 88.2 Å². The van der Waals surface area contributed by atoms with E-state index in [0.717, 1.165) is 12.8 Å². The first-order chi connectivity index (χ1) is 16.4. The summed E-state index contributed by atoms with van der Waals surface area (Å²) >= 11 is 4.09. The molecule has 2 rings (SSSR count). The van der Waals surface area contributed by atoms with Crippen molar-refractivity contribution in [2.75, 3.05) is 19.0 Å². The SMILES string of the molecule is O=P(O)(OCCCCCCS)OC1C(O)CC(O)C(O)C(O)C1OC1OC(CO)C(O)C(O)C1O. The summed E-state index contributed by atoms with van der Waals surface area (Å²) in [7, 11) is -4.85. The lowest BCUT2D eigenvalue weighted by molar-refractivity contribution is -0.327. The summed E-state index contributed by atoms with van der Waals surface area (Å²) in [5.74, 6) is 0.706. The fourth-order valence-corrected chi connectivity index (χ4v) is 5.12. The van der Waals surface area contributed by atoms with Crippen molar-refractivity contribution in [1.29, 1.82) is 0 Å². The predicted octanol–water partition coefficient (Wildman–Crippen LogP) is -2.99. The molecule has 0 aromatic heterocycles. The summed E-state index contributed by atoms with van der Waals surface area (Å²) in [5.41, 5.74) is 0. The molecule has 2 aliphatic rings. The second kappa shape index (κ2) is 14.3. The molecule has 2 fully saturated rings. The fraction of sp³-hybridized carbons (Fsp3) is 1.00. The average Bonchev–Trinajstić information content (AvgIpc) is 2.88. The highest BCUT2D eigenvalue weighted by Crippen LogP contribution is 2.47. The summed E-state index contributed by atoms with van der Waals surface area (Å²) in [5, 5.41) is 80.9. The molecule has 1 heterocycles. The van der Waals surface area contributed by atoms with Crippen LogP contribution in [0.15, 0.2) is 0 Å². The van der Waals surface area contributed by atoms with Crippen molar-refractivity contribution in [2.45, 2.75) is 99.4 Å². The first-order valence-corrected chi connectivity index (χ1v) is 13.5. The van der Waals surface area contributed by atoms with Gasteiger partial charge in [-0.25, -0.2) is 4.57 Å². The molecule has 0 spiro atoms. The zero-order chi connectivity index (χ0) is 26.3. The van der Waals surface area contributed by atoms with Crippen molar-refractivity contribution in [1.82, 2.24) is 0 Å². The van der Waals surface area contributed by atoms with E-state index in [0.29, 0.717) is 18.6 Å². The number of unbranched alkanes of at least 4 members (excludes halogenated alkanes) is 3. The lowest BCUT2D eigenvalue weighted by atomic mass is 9.98. The number of hydrogen-bond donors (Lipinski definition) is 10. The summed E-state index contributed by atoms with van der Waals surface area (Å²) in [6, 6.07) is 0. The average molecular weight is 553 g/mol. The maximum absolute atomic E-state index is 12.5. The van der Waals surface area contributed by atoms with Gasteiger partial charge in [0, 0.05) is 6.42 Å². The lowest BCUT2D eigenvalue weighted by Gasteiger charge is -2.42. The van der Waals surface area contributed by atoms with Gasteiger partial charge >= 0.3 is 7.82 Å². The molecule has 0 amide bonds. The molecule has 35 heavy (non-hydrogen) atoms. The Bertz CT molecular complexity index is 673. The Balaban J connectivity index is 2.18. The van der Waals surface area contributed by atoms with Gasteiger partial charge in [0.2, 0.25) is 0 Å². The maximum atomic E-state index is 12.5. The molecule has 0 bridgehead atoms. The molecule has 208 valence electrons. The molecule has 1 saturated carbocycles. The van der Waals surface area contributed by atoms with Crippen molar-refractivity contribution in [2.24, 2.45) is 0 Å². The number of thiol groups is 1. The maximum Gasteiger partial charge on any atom is 0.472 e. The number of phosphoric acid groups is 1. The lowest BCUT2D eigenvalue weighted by Crippen LogP contribution is -2.61. The third kappa shape index (κ3) is 8.53. The van der Waals surface area contributed by atoms with Gasteiger partial charge in [0.15, 0.2) is 6.29 Å². The van der Waals surface area contributed by atoms with Crippen LogP contribution in [0.5, 0.6) is 0 Å². The summed E-state index contributed by atoms with van der Waals surface area (Å²) in [6.07, 6.45) is -17.6. The van der Waals surface area contributed by atoms with E-state index in [1.807, 2.05) is 0 Å². The predicted molar refractivity (Wildman–Crippen MR) is 120 cm³/mol. The Kier molecular flexibility index (Phi) is 12.8. The first-order valence-electron chi connectivity index (χ1n) is 11.4. The molecule has 0 radical (unpaired) electrons. The largest absolute Gasteiger partial charge is 0.472 e. The zero-order valence-electron chi connectivity index (χ0n) is 19.0. The van der Waals surface area contributed by atoms with Gasteiger partial charge in [0.25, 0.3) is 0 Å². The third-order valence-electron chi connectivity index (χ3n) is 5.97. The summed E-state index contributed by atoms with van der Waals surface area (Å²) in [6.45, 7) is -0.940. The number of ether oxygens (including phenoxy) is 2. The minimum atomic E-state index is -4.85. The van der Waals surface area contributed by atoms with Gasteiger partial charge in [0.05, 0.1) is 25.4 Å². The normalized spacial score (nSPS) is 42.4. The topological polar surface area (TPSA) is 236 Å². The van der Waals surface area contributed by atoms with E-state index in [1.54, 1.807) is 0 Å². The molecule has 14 nitrogen and oxygen atoms in total. The molecule has 1 aliphatic heterocycles. The van der Waals surface area contributed by atoms with Gasteiger partial charge in [-0.2, -0.15) is 12.6 Å². The smallest absolute Gasteiger partial charge is 0.394 e. The van der Waals surface area contributed by atoms with Gasteiger partial charge < -0.3 is 55.2 Å². The molecule has 1 saturated heterocycles. The van der Waals surface area contributed by atoms with Crippen molar-refractivity contribution in [3.05, 3.63) is 0 Å². The Morgan fingerprint density at radius 1 is 0.829 bits per heavy atom. The van der Waals surface area contributed by atoms with Gasteiger partial charge in [0.1, 0.15) is 48.8 Å². The molecular weight excluding hydrogens is 515 g/mol. The Labute approximate surface area is 208 Å². The minimum Gasteiger partial charge on any atom is -0.394 e. The van der Waals surface area contributed by atoms with Crippen LogP contribution in [0.2, 0.25) is 0 Å². The van der Waals surface area contributed by atoms with Crippen molar-refractivity contribution in [3.63, 3.8) is 0 Å². The summed E-state index contributed by atoms with van der Waals surface area (Å²) < 4.78 is 33.2. The van der Waals surface area contributed by atoms with E-state index in [9.17, 15) is 50.3 Å². The Morgan fingerprint density at radius 3 is 2.11 bits per heavy atom. The first kappa shape index (κ1) is 31.3. The fourth-order valence-electron chi connectivity index (χ4n) is 3.91. The van der Waals surface area contributed by atoms with Crippen LogP contribution in [0.25, 0.3) is 0 Å². The molecular formula is C19H37O14PS. The number of rotatable bonds is 12. The number of aliphatic hydroxyl groups excluding tert-OH is 8. The summed E-state index contributed by atoms with van der Waals surface area (Å²) in [4.78, 5) is 10.2. The van der Waals surface area contributed by atoms with E-state index in [2.05, 4.69) is 12.6 Å². The highest BCUT2D eigenvalue weighted by atomic mass is 32.1. The van der Waals surface area contributed by atoms with Gasteiger partial charge in [-0.15, -0.1) is 0 Å². The molecule has 0 aromatic rings. The highest BCUT2D eigenvalue weighted by molar-refractivity contribution is 7.80. The van der Waals surface area contributed by atoms with Crippen LogP contribution in [-0.2, 0) is 23.1 Å². The zero-order valence-corrected chi connectivity index (χ0v) is 20.8. The van der Waals surface area contributed by atoms with Crippen LogP contribution in [-0.4, -0.2) is 132 Å². The van der Waals surface area contributed by atoms with E-state index in [1.165, 1.54) is 0 Å². The molecule has 1 aliphatic carbocycles. The molecule has 9 N–H and O–H groups in total. The van der Waals surface area contributed by atoms with Crippen molar-refractivity contribution >= 4 is 20.5 Å². The van der Waals surface area contributed by atoms with Crippen LogP contribution >= 0.6 is 20.5 Å². The van der Waals surface area contributed by atoms with Crippen LogP contribution in [0.4, 0.5) is 0 Å². The number of phosphoric ester groups is 1. The molecule has 12 atom stereocenters. The molecule has 12 unspecified atom stereocenters. The van der Waals surface area contributed by atoms with Crippen LogP contribution in [0.3, 0.4) is 0 Å². The Hall–Kier alpha value is 0.0600. The van der Waals surface area contributed by atoms with E-state index in [-0.39, 0.29) is 6.61 Å². The van der Waals surface area contributed by atoms with Crippen molar-refractivity contribution < 1.29 is 68.8 Å². The Morgan fingerprint density at radius 2 is 1.49 bits per heavy atom. The highest BCUT2D eigenvalue weighted by Gasteiger charge is 2.52. The molecule has 16 heteroatoms. The van der Waals surface area contributed by atoms with Gasteiger partial charge in [-0.3, -0.25) is 9.05 Å². The van der Waals surface area contributed by atoms with Gasteiger partial charge in [-0.1, -0.05) is 12.8 Å². The second-order valence-electron chi connectivity index (χ2n) is 8.66. The monoisotopic (exact) mass is 552 g/mol. The van der Waals surface area contributed by atoms with Crippen LogP contribution in [0, 0.1) is 0 Å². The van der Waals surface area contributed by atoms with E-state index in [4.69, 9.17) is 18.5 Å². The molecule has 0 aromatic carbocycles. The standard InChI is InChI=1S/C19H37O14PS/c20-8-11-13(24)14(25)16(27)19(31-11)32-18-15(26)12(23)9(21)7-10(22)17(18)33-34(28,29)30-5-3-1-2-4-6-35/h9-27,35H,1-8H2,(H,28,29). The van der Waals surface area contributed by atoms with Crippen LogP contribution < -0.4 is 0 Å². The minimum absolute atomic E-state index is 0.158.